The third-order valence-corrected chi connectivity index (χ3v) is 7.48. The van der Waals surface area contributed by atoms with Crippen molar-refractivity contribution in [2.45, 2.75) is 56.9 Å². The number of anilines is 1. The van der Waals surface area contributed by atoms with Gasteiger partial charge in [0, 0.05) is 37.4 Å². The van der Waals surface area contributed by atoms with Gasteiger partial charge in [-0.2, -0.15) is 14.0 Å². The number of imidazole rings is 1. The molecule has 3 atom stereocenters. The Morgan fingerprint density at radius 1 is 1.19 bits per heavy atom. The van der Waals surface area contributed by atoms with Gasteiger partial charge in [0.2, 0.25) is 5.95 Å². The van der Waals surface area contributed by atoms with Crippen molar-refractivity contribution in [1.82, 2.24) is 24.5 Å². The van der Waals surface area contributed by atoms with Gasteiger partial charge < -0.3 is 14.5 Å². The molecule has 31 heavy (non-hydrogen) atoms. The minimum Gasteiger partial charge on any atom is -0.353 e. The molecule has 162 valence electrons. The average Bonchev–Trinajstić information content (AvgIpc) is 3.44. The first-order valence-electron chi connectivity index (χ1n) is 10.9. The van der Waals surface area contributed by atoms with Crippen molar-refractivity contribution >= 4 is 17.4 Å². The number of carbonyl (C=O) groups is 1. The zero-order valence-electron chi connectivity index (χ0n) is 17.4. The van der Waals surface area contributed by atoms with Crippen LogP contribution in [0.2, 0.25) is 0 Å². The second-order valence-corrected chi connectivity index (χ2v) is 9.26. The summed E-state index contributed by atoms with van der Waals surface area (Å²) in [6, 6.07) is 0.165. The predicted octanol–water partition coefficient (Wildman–Crippen LogP) is 2.47. The molecule has 9 heteroatoms. The molecule has 1 unspecified atom stereocenters. The predicted molar refractivity (Wildman–Crippen MR) is 111 cm³/mol. The molecule has 6 rings (SSSR count). The van der Waals surface area contributed by atoms with E-state index < -0.39 is 11.5 Å². The molecular formula is C22H25FN6O2. The molecule has 0 aromatic carbocycles. The Kier molecular flexibility index (Phi) is 4.02. The van der Waals surface area contributed by atoms with E-state index in [4.69, 9.17) is 4.74 Å². The van der Waals surface area contributed by atoms with Crippen LogP contribution in [-0.2, 0) is 9.53 Å². The highest BCUT2D eigenvalue weighted by Gasteiger charge is 2.60. The van der Waals surface area contributed by atoms with E-state index in [2.05, 4.69) is 46.3 Å². The first-order valence-corrected chi connectivity index (χ1v) is 10.9. The van der Waals surface area contributed by atoms with Gasteiger partial charge in [0.1, 0.15) is 12.6 Å². The van der Waals surface area contributed by atoms with E-state index >= 15 is 0 Å². The molecule has 0 radical (unpaired) electrons. The molecule has 2 aromatic rings. The molecule has 3 aliphatic heterocycles. The molecule has 8 nitrogen and oxygen atoms in total. The quantitative estimate of drug-likeness (QED) is 0.737. The van der Waals surface area contributed by atoms with Gasteiger partial charge in [0.15, 0.2) is 17.1 Å². The molecule has 2 aromatic heterocycles. The van der Waals surface area contributed by atoms with E-state index in [1.165, 1.54) is 6.33 Å². The van der Waals surface area contributed by atoms with Crippen LogP contribution >= 0.6 is 0 Å². The number of hydrogen-bond acceptors (Lipinski definition) is 6. The lowest BCUT2D eigenvalue weighted by molar-refractivity contribution is -0.141. The molecule has 1 aliphatic carbocycles. The van der Waals surface area contributed by atoms with Gasteiger partial charge in [-0.3, -0.25) is 4.79 Å². The fourth-order valence-corrected chi connectivity index (χ4v) is 5.76. The zero-order valence-corrected chi connectivity index (χ0v) is 17.4. The lowest BCUT2D eigenvalue weighted by atomic mass is 9.75. The molecule has 5 heterocycles. The lowest BCUT2D eigenvalue weighted by Gasteiger charge is -2.40. The van der Waals surface area contributed by atoms with Gasteiger partial charge in [-0.15, -0.1) is 0 Å². The van der Waals surface area contributed by atoms with Gasteiger partial charge >= 0.3 is 0 Å². The molecule has 3 fully saturated rings. The molecule has 0 saturated carbocycles. The van der Waals surface area contributed by atoms with Crippen LogP contribution in [0.3, 0.4) is 0 Å². The van der Waals surface area contributed by atoms with Crippen molar-refractivity contribution in [1.29, 1.82) is 0 Å². The van der Waals surface area contributed by atoms with Crippen LogP contribution in [-0.4, -0.2) is 61.3 Å². The summed E-state index contributed by atoms with van der Waals surface area (Å²) in [5, 5.41) is 3.92. The minimum absolute atomic E-state index is 0.0495. The van der Waals surface area contributed by atoms with Gasteiger partial charge in [-0.1, -0.05) is 31.2 Å². The standard InChI is InChI=1S/C22H25FN6O2/c1-21(7-3-2-4-8-21)15-5-6-17-28(15)20(30)22(31-17)9-11-27(12-10-22)18-19-24-13-16(23)29(19)26-14-25-18/h2-4,7,13-15,17H,5-6,8-12H2,1H3/t15-,17+,21?/m0/s1. The Bertz CT molecular complexity index is 1100. The molecule has 0 N–H and O–H groups in total. The van der Waals surface area contributed by atoms with Crippen molar-refractivity contribution in [2.24, 2.45) is 5.41 Å². The van der Waals surface area contributed by atoms with E-state index in [-0.39, 0.29) is 23.6 Å². The van der Waals surface area contributed by atoms with E-state index in [1.54, 1.807) is 0 Å². The molecular weight excluding hydrogens is 399 g/mol. The highest BCUT2D eigenvalue weighted by molar-refractivity contribution is 5.88. The second-order valence-electron chi connectivity index (χ2n) is 9.26. The fourth-order valence-electron chi connectivity index (χ4n) is 5.76. The maximum atomic E-state index is 13.9. The Balaban J connectivity index is 1.22. The molecule has 0 bridgehead atoms. The number of aromatic nitrogens is 4. The van der Waals surface area contributed by atoms with Crippen LogP contribution in [0.25, 0.3) is 5.65 Å². The number of hydrogen-bond donors (Lipinski definition) is 0. The monoisotopic (exact) mass is 424 g/mol. The maximum absolute atomic E-state index is 13.9. The first-order chi connectivity index (χ1) is 15.0. The number of carbonyl (C=O) groups excluding carboxylic acids is 1. The van der Waals surface area contributed by atoms with Crippen LogP contribution in [0.15, 0.2) is 36.8 Å². The summed E-state index contributed by atoms with van der Waals surface area (Å²) in [5.41, 5.74) is -0.430. The lowest BCUT2D eigenvalue weighted by Crippen LogP contribution is -2.53. The number of piperidine rings is 1. The third kappa shape index (κ3) is 2.68. The van der Waals surface area contributed by atoms with Gasteiger partial charge in [0.25, 0.3) is 5.91 Å². The summed E-state index contributed by atoms with van der Waals surface area (Å²) >= 11 is 0. The SMILES string of the molecule is CC1([C@@H]2CC[C@H]3OC4(CCN(c5ncnn6c(F)cnc56)CC4)C(=O)N23)C=CC=CC1. The number of allylic oxidation sites excluding steroid dienone is 3. The molecule has 4 aliphatic rings. The topological polar surface area (TPSA) is 75.9 Å². The van der Waals surface area contributed by atoms with Crippen molar-refractivity contribution in [2.75, 3.05) is 18.0 Å². The Morgan fingerprint density at radius 2 is 2.03 bits per heavy atom. The van der Waals surface area contributed by atoms with Gasteiger partial charge in [-0.05, 0) is 19.3 Å². The smallest absolute Gasteiger partial charge is 0.257 e. The summed E-state index contributed by atoms with van der Waals surface area (Å²) in [6.45, 7) is 3.43. The Hall–Kier alpha value is -2.81. The second kappa shape index (κ2) is 6.59. The van der Waals surface area contributed by atoms with Crippen LogP contribution in [0.1, 0.15) is 39.0 Å². The molecule has 3 saturated heterocycles. The van der Waals surface area contributed by atoms with Gasteiger partial charge in [0.05, 0.1) is 6.20 Å². The Labute approximate surface area is 179 Å². The van der Waals surface area contributed by atoms with Crippen LogP contribution in [0, 0.1) is 11.4 Å². The summed E-state index contributed by atoms with van der Waals surface area (Å²) in [4.78, 5) is 26.2. The number of halogens is 1. The van der Waals surface area contributed by atoms with Crippen LogP contribution < -0.4 is 4.90 Å². The summed E-state index contributed by atoms with van der Waals surface area (Å²) < 4.78 is 21.5. The number of nitrogens with zero attached hydrogens (tertiary/aromatic N) is 6. The third-order valence-electron chi connectivity index (χ3n) is 7.48. The van der Waals surface area contributed by atoms with Crippen molar-refractivity contribution < 1.29 is 13.9 Å². The van der Waals surface area contributed by atoms with Crippen molar-refractivity contribution in [3.8, 4) is 0 Å². The van der Waals surface area contributed by atoms with Crippen LogP contribution in [0.4, 0.5) is 10.2 Å². The summed E-state index contributed by atoms with van der Waals surface area (Å²) in [7, 11) is 0. The summed E-state index contributed by atoms with van der Waals surface area (Å²) in [5.74, 6) is 0.195. The van der Waals surface area contributed by atoms with Crippen molar-refractivity contribution in [3.05, 3.63) is 42.8 Å². The fraction of sp³-hybridized carbons (Fsp3) is 0.545. The first kappa shape index (κ1) is 18.9. The molecule has 1 amide bonds. The van der Waals surface area contributed by atoms with Crippen LogP contribution in [0.5, 0.6) is 0 Å². The van der Waals surface area contributed by atoms with E-state index in [0.29, 0.717) is 37.4 Å². The number of amides is 1. The zero-order chi connectivity index (χ0) is 21.2. The Morgan fingerprint density at radius 3 is 2.81 bits per heavy atom. The largest absolute Gasteiger partial charge is 0.353 e. The van der Waals surface area contributed by atoms with Gasteiger partial charge in [-0.25, -0.2) is 9.97 Å². The number of fused-ring (bicyclic) bond motifs is 2. The highest BCUT2D eigenvalue weighted by Crippen LogP contribution is 2.49. The maximum Gasteiger partial charge on any atom is 0.257 e. The van der Waals surface area contributed by atoms with E-state index in [9.17, 15) is 9.18 Å². The minimum atomic E-state index is -0.769. The number of ether oxygens (including phenoxy) is 1. The average molecular weight is 424 g/mol. The van der Waals surface area contributed by atoms with E-state index in [1.807, 2.05) is 9.80 Å². The van der Waals surface area contributed by atoms with E-state index in [0.717, 1.165) is 30.0 Å². The normalized spacial score (nSPS) is 31.9. The highest BCUT2D eigenvalue weighted by atomic mass is 19.1. The number of rotatable bonds is 2. The summed E-state index contributed by atoms with van der Waals surface area (Å²) in [6.07, 6.45) is 14.9. The molecule has 1 spiro atoms. The van der Waals surface area contributed by atoms with Crippen molar-refractivity contribution in [3.63, 3.8) is 0 Å².